The van der Waals surface area contributed by atoms with Crippen LogP contribution in [-0.2, 0) is 4.79 Å². The molecule has 4 nitrogen and oxygen atoms in total. The van der Waals surface area contributed by atoms with E-state index in [4.69, 9.17) is 10.00 Å². The van der Waals surface area contributed by atoms with Gasteiger partial charge in [0.2, 0.25) is 5.91 Å². The molecule has 0 radical (unpaired) electrons. The van der Waals surface area contributed by atoms with Gasteiger partial charge in [0.25, 0.3) is 0 Å². The number of hydrogen-bond acceptors (Lipinski definition) is 3. The molecule has 0 aromatic heterocycles. The summed E-state index contributed by atoms with van der Waals surface area (Å²) >= 11 is 0. The first-order valence-electron chi connectivity index (χ1n) is 7.00. The maximum absolute atomic E-state index is 11.6. The molecule has 0 N–H and O–H groups in total. The van der Waals surface area contributed by atoms with Crippen LogP contribution in [-0.4, -0.2) is 30.5 Å². The van der Waals surface area contributed by atoms with Gasteiger partial charge in [0.1, 0.15) is 12.4 Å². The largest absolute Gasteiger partial charge is 0.492 e. The van der Waals surface area contributed by atoms with Crippen LogP contribution in [0.2, 0.25) is 0 Å². The number of carbonyl (C=O) groups excluding carboxylic acids is 1. The second kappa shape index (κ2) is 6.42. The van der Waals surface area contributed by atoms with Crippen molar-refractivity contribution in [2.24, 2.45) is 5.92 Å². The monoisotopic (exact) mass is 272 g/mol. The Bertz CT molecular complexity index is 519. The number of likely N-dealkylation sites (tertiary alicyclic amines) is 1. The molecular formula is C16H20N2O2. The van der Waals surface area contributed by atoms with Gasteiger partial charge in [0.15, 0.2) is 0 Å². The van der Waals surface area contributed by atoms with Crippen LogP contribution in [0.4, 0.5) is 0 Å². The Labute approximate surface area is 120 Å². The highest BCUT2D eigenvalue weighted by molar-refractivity contribution is 5.79. The lowest BCUT2D eigenvalue weighted by Crippen LogP contribution is -2.29. The molecule has 1 atom stereocenters. The summed E-state index contributed by atoms with van der Waals surface area (Å²) in [7, 11) is 0. The van der Waals surface area contributed by atoms with Gasteiger partial charge in [-0.2, -0.15) is 5.26 Å². The van der Waals surface area contributed by atoms with Crippen LogP contribution >= 0.6 is 0 Å². The van der Waals surface area contributed by atoms with Crippen molar-refractivity contribution in [3.8, 4) is 11.8 Å². The van der Waals surface area contributed by atoms with Gasteiger partial charge >= 0.3 is 0 Å². The third kappa shape index (κ3) is 3.51. The van der Waals surface area contributed by atoms with Crippen LogP contribution in [0.15, 0.2) is 24.3 Å². The summed E-state index contributed by atoms with van der Waals surface area (Å²) in [6.45, 7) is 5.83. The third-order valence-corrected chi connectivity index (χ3v) is 3.55. The number of ether oxygens (including phenoxy) is 1. The average molecular weight is 272 g/mol. The fourth-order valence-electron chi connectivity index (χ4n) is 2.31. The summed E-state index contributed by atoms with van der Waals surface area (Å²) in [5.41, 5.74) is 1.24. The Hall–Kier alpha value is -2.02. The van der Waals surface area contributed by atoms with E-state index < -0.39 is 0 Å². The highest BCUT2D eigenvalue weighted by atomic mass is 16.5. The quantitative estimate of drug-likeness (QED) is 0.827. The average Bonchev–Trinajstić information content (AvgIpc) is 2.80. The summed E-state index contributed by atoms with van der Waals surface area (Å²) in [5.74, 6) is 1.19. The molecule has 1 saturated heterocycles. The van der Waals surface area contributed by atoms with Gasteiger partial charge in [0.05, 0.1) is 18.5 Å². The summed E-state index contributed by atoms with van der Waals surface area (Å²) in [4.78, 5) is 13.4. The van der Waals surface area contributed by atoms with E-state index >= 15 is 0 Å². The number of benzene rings is 1. The first-order valence-corrected chi connectivity index (χ1v) is 7.00. The fourth-order valence-corrected chi connectivity index (χ4v) is 2.31. The molecule has 0 aliphatic carbocycles. The molecule has 0 saturated carbocycles. The van der Waals surface area contributed by atoms with E-state index in [-0.39, 0.29) is 11.8 Å². The molecule has 106 valence electrons. The lowest BCUT2D eigenvalue weighted by atomic mass is 10.0. The molecule has 0 bridgehead atoms. The highest BCUT2D eigenvalue weighted by Crippen LogP contribution is 2.20. The maximum Gasteiger partial charge on any atom is 0.224 e. The van der Waals surface area contributed by atoms with Gasteiger partial charge in [-0.25, -0.2) is 0 Å². The van der Waals surface area contributed by atoms with Crippen molar-refractivity contribution in [2.45, 2.75) is 26.2 Å². The Balaban J connectivity index is 1.83. The van der Waals surface area contributed by atoms with Crippen LogP contribution < -0.4 is 4.74 Å². The molecule has 20 heavy (non-hydrogen) atoms. The molecule has 1 fully saturated rings. The molecule has 1 unspecified atom stereocenters. The maximum atomic E-state index is 11.6. The fraction of sp³-hybridized carbons (Fsp3) is 0.500. The molecule has 2 rings (SSSR count). The normalized spacial score (nSPS) is 18.4. The minimum Gasteiger partial charge on any atom is -0.492 e. The number of hydrogen-bond donors (Lipinski definition) is 0. The lowest BCUT2D eigenvalue weighted by molar-refractivity contribution is -0.128. The van der Waals surface area contributed by atoms with Crippen molar-refractivity contribution in [2.75, 3.05) is 19.7 Å². The second-order valence-corrected chi connectivity index (χ2v) is 5.45. The van der Waals surface area contributed by atoms with Crippen molar-refractivity contribution in [1.29, 1.82) is 5.26 Å². The summed E-state index contributed by atoms with van der Waals surface area (Å²) in [6.07, 6.45) is 0.347. The molecule has 1 heterocycles. The van der Waals surface area contributed by atoms with Crippen LogP contribution in [0, 0.1) is 17.2 Å². The Morgan fingerprint density at radius 1 is 1.50 bits per heavy atom. The van der Waals surface area contributed by atoms with E-state index in [2.05, 4.69) is 26.0 Å². The number of nitrogens with zero attached hydrogens (tertiary/aromatic N) is 2. The zero-order valence-electron chi connectivity index (χ0n) is 12.0. The molecule has 1 amide bonds. The van der Waals surface area contributed by atoms with Crippen molar-refractivity contribution in [3.05, 3.63) is 29.8 Å². The van der Waals surface area contributed by atoms with E-state index in [1.165, 1.54) is 5.56 Å². The van der Waals surface area contributed by atoms with Crippen molar-refractivity contribution >= 4 is 5.91 Å². The van der Waals surface area contributed by atoms with E-state index in [1.54, 1.807) is 4.90 Å². The van der Waals surface area contributed by atoms with E-state index in [0.29, 0.717) is 32.0 Å². The van der Waals surface area contributed by atoms with Crippen molar-refractivity contribution in [3.63, 3.8) is 0 Å². The van der Waals surface area contributed by atoms with Crippen molar-refractivity contribution < 1.29 is 9.53 Å². The lowest BCUT2D eigenvalue weighted by Gasteiger charge is -2.16. The van der Waals surface area contributed by atoms with Gasteiger partial charge in [-0.15, -0.1) is 0 Å². The second-order valence-electron chi connectivity index (χ2n) is 5.45. The van der Waals surface area contributed by atoms with Gasteiger partial charge in [-0.05, 0) is 23.6 Å². The number of nitriles is 1. The zero-order valence-corrected chi connectivity index (χ0v) is 12.0. The van der Waals surface area contributed by atoms with E-state index in [9.17, 15) is 4.79 Å². The van der Waals surface area contributed by atoms with Crippen molar-refractivity contribution in [1.82, 2.24) is 4.90 Å². The first kappa shape index (κ1) is 14.4. The predicted octanol–water partition coefficient (Wildman–Crippen LogP) is 2.56. The molecule has 1 aromatic carbocycles. The number of rotatable bonds is 5. The summed E-state index contributed by atoms with van der Waals surface area (Å²) in [6, 6.07) is 10.2. The Kier molecular flexibility index (Phi) is 4.62. The smallest absolute Gasteiger partial charge is 0.224 e. The third-order valence-electron chi connectivity index (χ3n) is 3.55. The summed E-state index contributed by atoms with van der Waals surface area (Å²) < 4.78 is 5.70. The standard InChI is InChI=1S/C16H20N2O2/c1-12(2)14-4-3-5-15(9-14)20-7-6-18-11-13(10-17)8-16(18)19/h3-5,9,12-13H,6-8,11H2,1-2H3. The van der Waals surface area contributed by atoms with Gasteiger partial charge in [-0.3, -0.25) is 4.79 Å². The van der Waals surface area contributed by atoms with E-state index in [1.807, 2.05) is 18.2 Å². The minimum absolute atomic E-state index is 0.0519. The van der Waals surface area contributed by atoms with Crippen LogP contribution in [0.3, 0.4) is 0 Å². The Morgan fingerprint density at radius 2 is 2.30 bits per heavy atom. The number of amides is 1. The predicted molar refractivity (Wildman–Crippen MR) is 76.3 cm³/mol. The molecule has 1 aromatic rings. The SMILES string of the molecule is CC(C)c1cccc(OCCN2CC(C#N)CC2=O)c1. The van der Waals surface area contributed by atoms with E-state index in [0.717, 1.165) is 5.75 Å². The zero-order chi connectivity index (χ0) is 14.5. The van der Waals surface area contributed by atoms with Crippen LogP contribution in [0.1, 0.15) is 31.7 Å². The first-order chi connectivity index (χ1) is 9.60. The molecule has 0 spiro atoms. The van der Waals surface area contributed by atoms with Gasteiger partial charge in [0, 0.05) is 13.0 Å². The molecule has 1 aliphatic rings. The molecule has 4 heteroatoms. The van der Waals surface area contributed by atoms with Crippen LogP contribution in [0.5, 0.6) is 5.75 Å². The van der Waals surface area contributed by atoms with Gasteiger partial charge in [-0.1, -0.05) is 26.0 Å². The minimum atomic E-state index is -0.160. The highest BCUT2D eigenvalue weighted by Gasteiger charge is 2.28. The molecule has 1 aliphatic heterocycles. The number of carbonyl (C=O) groups is 1. The topological polar surface area (TPSA) is 53.3 Å². The molecular weight excluding hydrogens is 252 g/mol. The Morgan fingerprint density at radius 3 is 2.95 bits per heavy atom. The van der Waals surface area contributed by atoms with Crippen LogP contribution in [0.25, 0.3) is 0 Å². The van der Waals surface area contributed by atoms with Gasteiger partial charge < -0.3 is 9.64 Å². The summed E-state index contributed by atoms with van der Waals surface area (Å²) in [5, 5.41) is 8.83.